The Labute approximate surface area is 89.1 Å². The van der Waals surface area contributed by atoms with Crippen LogP contribution in [0.15, 0.2) is 24.3 Å². The summed E-state index contributed by atoms with van der Waals surface area (Å²) in [5, 5.41) is 11.2. The van der Waals surface area contributed by atoms with Crippen LogP contribution < -0.4 is 11.1 Å². The highest BCUT2D eigenvalue weighted by atomic mass is 16.3. The van der Waals surface area contributed by atoms with Gasteiger partial charge in [-0.1, -0.05) is 18.2 Å². The van der Waals surface area contributed by atoms with Crippen molar-refractivity contribution in [2.75, 3.05) is 19.7 Å². The van der Waals surface area contributed by atoms with Gasteiger partial charge in [-0.05, 0) is 24.6 Å². The van der Waals surface area contributed by atoms with Gasteiger partial charge in [-0.2, -0.15) is 0 Å². The number of rotatable bonds is 5. The summed E-state index contributed by atoms with van der Waals surface area (Å²) in [4.78, 5) is 11.6. The molecule has 0 saturated heterocycles. The molecule has 4 heteroatoms. The molecule has 1 rings (SSSR count). The highest BCUT2D eigenvalue weighted by molar-refractivity contribution is 5.95. The molecule has 0 spiro atoms. The van der Waals surface area contributed by atoms with Crippen molar-refractivity contribution in [2.45, 2.75) is 6.42 Å². The van der Waals surface area contributed by atoms with Crippen molar-refractivity contribution in [3.05, 3.63) is 35.4 Å². The Kier molecular flexibility index (Phi) is 4.80. The second kappa shape index (κ2) is 6.16. The molecule has 0 heterocycles. The van der Waals surface area contributed by atoms with E-state index in [0.29, 0.717) is 18.5 Å². The number of carbonyl (C=O) groups is 1. The van der Waals surface area contributed by atoms with E-state index in [4.69, 9.17) is 10.8 Å². The molecular weight excluding hydrogens is 192 g/mol. The van der Waals surface area contributed by atoms with E-state index in [1.165, 1.54) is 0 Å². The standard InChI is InChI=1S/C11H16N2O2/c12-6-5-9-3-1-2-4-10(9)11(15)13-7-8-14/h1-4,14H,5-8,12H2,(H,13,15). The van der Waals surface area contributed by atoms with Crippen LogP contribution in [-0.2, 0) is 6.42 Å². The predicted octanol–water partition coefficient (Wildman–Crippen LogP) is -0.0901. The Balaban J connectivity index is 2.77. The molecule has 0 aliphatic rings. The minimum absolute atomic E-state index is 0.0508. The van der Waals surface area contributed by atoms with Crippen molar-refractivity contribution >= 4 is 5.91 Å². The third-order valence-electron chi connectivity index (χ3n) is 2.07. The third kappa shape index (κ3) is 3.34. The van der Waals surface area contributed by atoms with Gasteiger partial charge in [0.05, 0.1) is 6.61 Å². The molecule has 0 bridgehead atoms. The molecular formula is C11H16N2O2. The first-order valence-corrected chi connectivity index (χ1v) is 4.96. The Hall–Kier alpha value is -1.39. The van der Waals surface area contributed by atoms with Crippen LogP contribution in [0.25, 0.3) is 0 Å². The molecule has 15 heavy (non-hydrogen) atoms. The quantitative estimate of drug-likeness (QED) is 0.633. The topological polar surface area (TPSA) is 75.4 Å². The van der Waals surface area contributed by atoms with Gasteiger partial charge < -0.3 is 16.2 Å². The number of nitrogens with two attached hydrogens (primary N) is 1. The molecule has 1 amide bonds. The number of hydrogen-bond acceptors (Lipinski definition) is 3. The first kappa shape index (κ1) is 11.7. The van der Waals surface area contributed by atoms with Crippen LogP contribution in [0.3, 0.4) is 0 Å². The van der Waals surface area contributed by atoms with E-state index in [1.807, 2.05) is 18.2 Å². The van der Waals surface area contributed by atoms with Crippen LogP contribution in [0.4, 0.5) is 0 Å². The van der Waals surface area contributed by atoms with Gasteiger partial charge >= 0.3 is 0 Å². The second-order valence-electron chi connectivity index (χ2n) is 3.18. The van der Waals surface area contributed by atoms with Crippen molar-refractivity contribution in [1.82, 2.24) is 5.32 Å². The maximum absolute atomic E-state index is 11.6. The molecule has 1 aromatic carbocycles. The number of benzene rings is 1. The van der Waals surface area contributed by atoms with E-state index in [9.17, 15) is 4.79 Å². The van der Waals surface area contributed by atoms with Gasteiger partial charge in [-0.3, -0.25) is 4.79 Å². The maximum Gasteiger partial charge on any atom is 0.251 e. The summed E-state index contributed by atoms with van der Waals surface area (Å²) in [5.41, 5.74) is 7.03. The minimum atomic E-state index is -0.159. The minimum Gasteiger partial charge on any atom is -0.395 e. The number of hydrogen-bond donors (Lipinski definition) is 3. The number of nitrogens with one attached hydrogen (secondary N) is 1. The Bertz CT molecular complexity index is 326. The summed E-state index contributed by atoms with van der Waals surface area (Å²) in [6, 6.07) is 7.35. The summed E-state index contributed by atoms with van der Waals surface area (Å²) in [7, 11) is 0. The zero-order valence-corrected chi connectivity index (χ0v) is 8.57. The normalized spacial score (nSPS) is 10.0. The van der Waals surface area contributed by atoms with Crippen molar-refractivity contribution in [1.29, 1.82) is 0 Å². The van der Waals surface area contributed by atoms with Crippen molar-refractivity contribution in [3.63, 3.8) is 0 Å². The van der Waals surface area contributed by atoms with Gasteiger partial charge in [-0.15, -0.1) is 0 Å². The van der Waals surface area contributed by atoms with Gasteiger partial charge in [0.2, 0.25) is 0 Å². The summed E-state index contributed by atoms with van der Waals surface area (Å²) < 4.78 is 0. The van der Waals surface area contributed by atoms with E-state index in [1.54, 1.807) is 6.07 Å². The monoisotopic (exact) mass is 208 g/mol. The fourth-order valence-electron chi connectivity index (χ4n) is 1.38. The first-order valence-electron chi connectivity index (χ1n) is 4.96. The zero-order valence-electron chi connectivity index (χ0n) is 8.57. The van der Waals surface area contributed by atoms with E-state index in [2.05, 4.69) is 5.32 Å². The lowest BCUT2D eigenvalue weighted by molar-refractivity contribution is 0.0944. The number of carbonyl (C=O) groups excluding carboxylic acids is 1. The van der Waals surface area contributed by atoms with E-state index >= 15 is 0 Å². The molecule has 0 aliphatic carbocycles. The lowest BCUT2D eigenvalue weighted by atomic mass is 10.0. The lowest BCUT2D eigenvalue weighted by Gasteiger charge is -2.08. The number of amides is 1. The van der Waals surface area contributed by atoms with Crippen LogP contribution in [0.5, 0.6) is 0 Å². The van der Waals surface area contributed by atoms with Crippen LogP contribution in [0.1, 0.15) is 15.9 Å². The molecule has 1 aromatic rings. The molecule has 0 fully saturated rings. The molecule has 0 aromatic heterocycles. The lowest BCUT2D eigenvalue weighted by Crippen LogP contribution is -2.27. The van der Waals surface area contributed by atoms with Gasteiger partial charge in [0.25, 0.3) is 5.91 Å². The van der Waals surface area contributed by atoms with E-state index < -0.39 is 0 Å². The molecule has 0 radical (unpaired) electrons. The third-order valence-corrected chi connectivity index (χ3v) is 2.07. The largest absolute Gasteiger partial charge is 0.395 e. The molecule has 0 unspecified atom stereocenters. The van der Waals surface area contributed by atoms with Crippen molar-refractivity contribution in [3.8, 4) is 0 Å². The Morgan fingerprint density at radius 3 is 2.80 bits per heavy atom. The Morgan fingerprint density at radius 1 is 1.40 bits per heavy atom. The van der Waals surface area contributed by atoms with Crippen LogP contribution in [0.2, 0.25) is 0 Å². The molecule has 82 valence electrons. The summed E-state index contributed by atoms with van der Waals surface area (Å²) in [5.74, 6) is -0.159. The second-order valence-corrected chi connectivity index (χ2v) is 3.18. The number of aliphatic hydroxyl groups excluding tert-OH is 1. The summed E-state index contributed by atoms with van der Waals surface area (Å²) >= 11 is 0. The highest BCUT2D eigenvalue weighted by Crippen LogP contribution is 2.08. The van der Waals surface area contributed by atoms with Crippen LogP contribution >= 0.6 is 0 Å². The van der Waals surface area contributed by atoms with Gasteiger partial charge in [0.15, 0.2) is 0 Å². The summed E-state index contributed by atoms with van der Waals surface area (Å²) in [6.45, 7) is 0.741. The van der Waals surface area contributed by atoms with E-state index in [-0.39, 0.29) is 19.1 Å². The summed E-state index contributed by atoms with van der Waals surface area (Å²) in [6.07, 6.45) is 0.683. The van der Waals surface area contributed by atoms with Gasteiger partial charge in [0, 0.05) is 12.1 Å². The van der Waals surface area contributed by atoms with Crippen molar-refractivity contribution < 1.29 is 9.90 Å². The fraction of sp³-hybridized carbons (Fsp3) is 0.364. The van der Waals surface area contributed by atoms with Gasteiger partial charge in [-0.25, -0.2) is 0 Å². The fourth-order valence-corrected chi connectivity index (χ4v) is 1.38. The molecule has 4 nitrogen and oxygen atoms in total. The SMILES string of the molecule is NCCc1ccccc1C(=O)NCCO. The molecule has 0 atom stereocenters. The van der Waals surface area contributed by atoms with Crippen LogP contribution in [0, 0.1) is 0 Å². The molecule has 4 N–H and O–H groups in total. The number of aliphatic hydroxyl groups is 1. The average Bonchev–Trinajstić information content (AvgIpc) is 2.27. The maximum atomic E-state index is 11.6. The average molecular weight is 208 g/mol. The van der Waals surface area contributed by atoms with Crippen molar-refractivity contribution in [2.24, 2.45) is 5.73 Å². The smallest absolute Gasteiger partial charge is 0.251 e. The molecule has 0 saturated carbocycles. The Morgan fingerprint density at radius 2 is 2.13 bits per heavy atom. The zero-order chi connectivity index (χ0) is 11.1. The predicted molar refractivity (Wildman–Crippen MR) is 58.6 cm³/mol. The highest BCUT2D eigenvalue weighted by Gasteiger charge is 2.08. The van der Waals surface area contributed by atoms with Gasteiger partial charge in [0.1, 0.15) is 0 Å². The van der Waals surface area contributed by atoms with E-state index in [0.717, 1.165) is 5.56 Å². The first-order chi connectivity index (χ1) is 7.29. The molecule has 0 aliphatic heterocycles. The van der Waals surface area contributed by atoms with Crippen LogP contribution in [-0.4, -0.2) is 30.7 Å².